The lowest BCUT2D eigenvalue weighted by atomic mass is 9.97. The zero-order valence-corrected chi connectivity index (χ0v) is 21.0. The lowest BCUT2D eigenvalue weighted by molar-refractivity contribution is -0.119. The quantitative estimate of drug-likeness (QED) is 0.653. The van der Waals surface area contributed by atoms with Crippen molar-refractivity contribution in [1.82, 2.24) is 25.1 Å². The van der Waals surface area contributed by atoms with Crippen LogP contribution in [0, 0.1) is 6.92 Å². The highest BCUT2D eigenvalue weighted by molar-refractivity contribution is 5.73. The second-order valence-corrected chi connectivity index (χ2v) is 10.4. The van der Waals surface area contributed by atoms with Gasteiger partial charge < -0.3 is 15.0 Å². The van der Waals surface area contributed by atoms with Gasteiger partial charge in [-0.2, -0.15) is 0 Å². The van der Waals surface area contributed by atoms with Gasteiger partial charge in [0.1, 0.15) is 11.9 Å². The van der Waals surface area contributed by atoms with Crippen molar-refractivity contribution < 1.29 is 14.3 Å². The number of fused-ring (bicyclic) bond motifs is 3. The summed E-state index contributed by atoms with van der Waals surface area (Å²) in [5.41, 5.74) is 3.25. The molecule has 35 heavy (non-hydrogen) atoms. The van der Waals surface area contributed by atoms with Crippen molar-refractivity contribution in [2.45, 2.75) is 89.6 Å². The van der Waals surface area contributed by atoms with Crippen LogP contribution in [0.15, 0.2) is 30.3 Å². The van der Waals surface area contributed by atoms with Crippen LogP contribution in [0.4, 0.5) is 4.79 Å². The highest BCUT2D eigenvalue weighted by Gasteiger charge is 2.43. The maximum atomic E-state index is 13.1. The van der Waals surface area contributed by atoms with Crippen LogP contribution in [0.1, 0.15) is 80.8 Å². The maximum absolute atomic E-state index is 13.1. The predicted octanol–water partition coefficient (Wildman–Crippen LogP) is 4.04. The number of carbonyl (C=O) groups is 2. The van der Waals surface area contributed by atoms with Gasteiger partial charge in [-0.3, -0.25) is 14.6 Å². The van der Waals surface area contributed by atoms with Crippen LogP contribution in [-0.2, 0) is 16.0 Å². The summed E-state index contributed by atoms with van der Waals surface area (Å²) in [6.45, 7) is 7.15. The lowest BCUT2D eigenvalue weighted by Crippen LogP contribution is -2.48. The SMILES string of the molecule is CC(=O)N[C@@H](CCN1C2CCC1CC(OC(=O)N1CCc3[nH]c(C)nc3C1C)C2)c1ccccc1. The number of nitrogens with zero attached hydrogens (tertiary/aromatic N) is 3. The number of aromatic amines is 1. The molecule has 4 heterocycles. The molecule has 2 amide bonds. The van der Waals surface area contributed by atoms with Crippen molar-refractivity contribution in [3.8, 4) is 0 Å². The Hall–Kier alpha value is -2.87. The molecule has 1 aromatic heterocycles. The van der Waals surface area contributed by atoms with Crippen LogP contribution < -0.4 is 5.32 Å². The number of imidazole rings is 1. The van der Waals surface area contributed by atoms with Crippen molar-refractivity contribution in [3.05, 3.63) is 53.1 Å². The van der Waals surface area contributed by atoms with E-state index in [1.807, 2.05) is 36.9 Å². The maximum Gasteiger partial charge on any atom is 0.410 e. The molecule has 3 unspecified atom stereocenters. The van der Waals surface area contributed by atoms with E-state index in [1.165, 1.54) is 0 Å². The van der Waals surface area contributed by atoms with Crippen LogP contribution in [0.2, 0.25) is 0 Å². The molecule has 3 aliphatic heterocycles. The van der Waals surface area contributed by atoms with Gasteiger partial charge in [-0.1, -0.05) is 30.3 Å². The third-order valence-corrected chi connectivity index (χ3v) is 7.99. The molecule has 8 heteroatoms. The van der Waals surface area contributed by atoms with Gasteiger partial charge in [-0.05, 0) is 38.7 Å². The second-order valence-electron chi connectivity index (χ2n) is 10.4. The molecule has 2 bridgehead atoms. The lowest BCUT2D eigenvalue weighted by Gasteiger charge is -2.40. The normalized spacial score (nSPS) is 26.8. The van der Waals surface area contributed by atoms with Crippen molar-refractivity contribution in [2.75, 3.05) is 13.1 Å². The van der Waals surface area contributed by atoms with Crippen LogP contribution in [-0.4, -0.2) is 63.0 Å². The Bertz CT molecular complexity index is 1040. The summed E-state index contributed by atoms with van der Waals surface area (Å²) in [7, 11) is 0. The fraction of sp³-hybridized carbons (Fsp3) is 0.593. The molecule has 2 aromatic rings. The van der Waals surface area contributed by atoms with E-state index >= 15 is 0 Å². The van der Waals surface area contributed by atoms with Crippen LogP contribution >= 0.6 is 0 Å². The molecule has 0 saturated carbocycles. The minimum Gasteiger partial charge on any atom is -0.446 e. The molecule has 188 valence electrons. The van der Waals surface area contributed by atoms with Crippen molar-refractivity contribution in [3.63, 3.8) is 0 Å². The highest BCUT2D eigenvalue weighted by Crippen LogP contribution is 2.38. The zero-order chi connectivity index (χ0) is 24.5. The van der Waals surface area contributed by atoms with Crippen LogP contribution in [0.25, 0.3) is 0 Å². The first-order valence-corrected chi connectivity index (χ1v) is 13.0. The van der Waals surface area contributed by atoms with Gasteiger partial charge in [0, 0.05) is 57.1 Å². The Morgan fingerprint density at radius 1 is 1.20 bits per heavy atom. The van der Waals surface area contributed by atoms with Crippen LogP contribution in [0.3, 0.4) is 0 Å². The van der Waals surface area contributed by atoms with E-state index in [2.05, 4.69) is 32.3 Å². The van der Waals surface area contributed by atoms with Gasteiger partial charge in [0.2, 0.25) is 5.91 Å². The Balaban J connectivity index is 1.17. The molecule has 0 radical (unpaired) electrons. The average molecular weight is 480 g/mol. The summed E-state index contributed by atoms with van der Waals surface area (Å²) in [6, 6.07) is 11.0. The zero-order valence-electron chi connectivity index (χ0n) is 21.0. The number of carbonyl (C=O) groups excluding carboxylic acids is 2. The molecular formula is C27H37N5O3. The van der Waals surface area contributed by atoms with E-state index in [4.69, 9.17) is 4.74 Å². The number of piperidine rings is 1. The first kappa shape index (κ1) is 23.9. The summed E-state index contributed by atoms with van der Waals surface area (Å²) in [4.78, 5) is 37.2. The molecule has 2 saturated heterocycles. The fourth-order valence-electron chi connectivity index (χ4n) is 6.34. The largest absolute Gasteiger partial charge is 0.446 e. The average Bonchev–Trinajstić information content (AvgIpc) is 3.33. The van der Waals surface area contributed by atoms with Gasteiger partial charge >= 0.3 is 6.09 Å². The van der Waals surface area contributed by atoms with E-state index in [0.717, 1.165) is 67.8 Å². The number of hydrogen-bond acceptors (Lipinski definition) is 5. The number of aryl methyl sites for hydroxylation is 1. The first-order chi connectivity index (χ1) is 16.9. The number of ether oxygens (including phenoxy) is 1. The summed E-state index contributed by atoms with van der Waals surface area (Å²) in [5, 5.41) is 3.12. The third kappa shape index (κ3) is 5.08. The molecule has 5 rings (SSSR count). The third-order valence-electron chi connectivity index (χ3n) is 7.99. The predicted molar refractivity (Wildman–Crippen MR) is 133 cm³/mol. The molecular weight excluding hydrogens is 442 g/mol. The van der Waals surface area contributed by atoms with Gasteiger partial charge in [0.25, 0.3) is 0 Å². The topological polar surface area (TPSA) is 90.6 Å². The molecule has 1 aromatic carbocycles. The number of H-pyrrole nitrogens is 1. The highest BCUT2D eigenvalue weighted by atomic mass is 16.6. The molecule has 2 N–H and O–H groups in total. The Morgan fingerprint density at radius 3 is 2.60 bits per heavy atom. The molecule has 2 fully saturated rings. The van der Waals surface area contributed by atoms with Gasteiger partial charge in [0.05, 0.1) is 17.8 Å². The van der Waals surface area contributed by atoms with E-state index in [-0.39, 0.29) is 30.2 Å². The summed E-state index contributed by atoms with van der Waals surface area (Å²) < 4.78 is 6.07. The number of amides is 2. The summed E-state index contributed by atoms with van der Waals surface area (Å²) >= 11 is 0. The van der Waals surface area contributed by atoms with Gasteiger partial charge in [-0.15, -0.1) is 0 Å². The smallest absolute Gasteiger partial charge is 0.410 e. The second kappa shape index (κ2) is 10.0. The summed E-state index contributed by atoms with van der Waals surface area (Å²) in [5.74, 6) is 0.894. The Kier molecular flexibility index (Phi) is 6.82. The van der Waals surface area contributed by atoms with Crippen molar-refractivity contribution in [1.29, 1.82) is 0 Å². The minimum atomic E-state index is -0.212. The minimum absolute atomic E-state index is 0.00323. The Labute approximate surface area is 207 Å². The number of benzene rings is 1. The number of nitrogens with one attached hydrogen (secondary N) is 2. The fourth-order valence-corrected chi connectivity index (χ4v) is 6.34. The summed E-state index contributed by atoms with van der Waals surface area (Å²) in [6.07, 6.45) is 5.47. The van der Waals surface area contributed by atoms with Crippen molar-refractivity contribution >= 4 is 12.0 Å². The first-order valence-electron chi connectivity index (χ1n) is 13.0. The number of hydrogen-bond donors (Lipinski definition) is 2. The van der Waals surface area contributed by atoms with Crippen molar-refractivity contribution in [2.24, 2.45) is 0 Å². The number of rotatable bonds is 6. The molecule has 8 nitrogen and oxygen atoms in total. The van der Waals surface area contributed by atoms with Gasteiger partial charge in [0.15, 0.2) is 0 Å². The van der Waals surface area contributed by atoms with E-state index in [0.29, 0.717) is 18.6 Å². The van der Waals surface area contributed by atoms with E-state index in [1.54, 1.807) is 6.92 Å². The van der Waals surface area contributed by atoms with Crippen LogP contribution in [0.5, 0.6) is 0 Å². The molecule has 3 aliphatic rings. The molecule has 0 aliphatic carbocycles. The van der Waals surface area contributed by atoms with Gasteiger partial charge in [-0.25, -0.2) is 9.78 Å². The standard InChI is InChI=1S/C27H37N5O3/c1-17-26-25(28-18(2)29-26)12-13-31(17)27(34)35-23-15-21-9-10-22(16-23)32(21)14-11-24(30-19(3)33)20-7-5-4-6-8-20/h4-8,17,21-24H,9-16H2,1-3H3,(H,28,29)(H,30,33)/t17?,21?,22?,23?,24-/m0/s1. The van der Waals surface area contributed by atoms with E-state index < -0.39 is 0 Å². The monoisotopic (exact) mass is 479 g/mol. The Morgan fingerprint density at radius 2 is 1.91 bits per heavy atom. The number of aromatic nitrogens is 2. The van der Waals surface area contributed by atoms with E-state index in [9.17, 15) is 9.59 Å². The molecule has 4 atom stereocenters. The molecule has 0 spiro atoms.